The minimum atomic E-state index is -0.382. The number of benzene rings is 3. The number of carbonyl (C=O) groups excluding carboxylic acids is 2. The van der Waals surface area contributed by atoms with Crippen LogP contribution in [0.4, 0.5) is 16.2 Å². The number of hydrogen-bond donors (Lipinski definition) is 2. The van der Waals surface area contributed by atoms with Gasteiger partial charge in [0.05, 0.1) is 27.0 Å². The number of hydrogen-bond acceptors (Lipinski definition) is 5. The Balaban J connectivity index is 1.43. The lowest BCUT2D eigenvalue weighted by Crippen LogP contribution is -2.29. The number of carbonyl (C=O) groups is 2. The average molecular weight is 462 g/mol. The van der Waals surface area contributed by atoms with Crippen LogP contribution in [-0.4, -0.2) is 39.8 Å². The van der Waals surface area contributed by atoms with Gasteiger partial charge in [-0.05, 0) is 35.7 Å². The van der Waals surface area contributed by atoms with Crippen LogP contribution in [-0.2, 0) is 13.0 Å². The highest BCUT2D eigenvalue weighted by Crippen LogP contribution is 2.40. The van der Waals surface area contributed by atoms with Gasteiger partial charge in [-0.3, -0.25) is 4.79 Å². The smallest absolute Gasteiger partial charge is 0.319 e. The van der Waals surface area contributed by atoms with Gasteiger partial charge in [0.1, 0.15) is 0 Å². The maximum atomic E-state index is 13.0. The molecule has 1 aliphatic heterocycles. The van der Waals surface area contributed by atoms with Crippen molar-refractivity contribution in [1.82, 2.24) is 5.32 Å². The van der Waals surface area contributed by atoms with E-state index in [0.717, 1.165) is 23.2 Å². The van der Waals surface area contributed by atoms with Crippen LogP contribution >= 0.6 is 0 Å². The third-order valence-corrected chi connectivity index (χ3v) is 5.69. The second-order valence-electron chi connectivity index (χ2n) is 7.76. The van der Waals surface area contributed by atoms with E-state index in [4.69, 9.17) is 14.2 Å². The molecular weight excluding hydrogens is 434 g/mol. The Labute approximate surface area is 198 Å². The molecule has 34 heavy (non-hydrogen) atoms. The molecule has 3 aromatic carbocycles. The zero-order valence-electron chi connectivity index (χ0n) is 19.4. The highest BCUT2D eigenvalue weighted by molar-refractivity contribution is 6.07. The number of ether oxygens (including phenoxy) is 3. The summed E-state index contributed by atoms with van der Waals surface area (Å²) in [6.45, 7) is 0.943. The maximum Gasteiger partial charge on any atom is 0.319 e. The Kier molecular flexibility index (Phi) is 6.87. The lowest BCUT2D eigenvalue weighted by Gasteiger charge is -2.18. The Morgan fingerprint density at radius 1 is 0.912 bits per heavy atom. The molecule has 0 saturated heterocycles. The number of fused-ring (bicyclic) bond motifs is 1. The van der Waals surface area contributed by atoms with Gasteiger partial charge in [-0.15, -0.1) is 0 Å². The second-order valence-corrected chi connectivity index (χ2v) is 7.76. The number of rotatable bonds is 7. The van der Waals surface area contributed by atoms with Crippen LogP contribution in [0.3, 0.4) is 0 Å². The van der Waals surface area contributed by atoms with Gasteiger partial charge in [-0.1, -0.05) is 30.3 Å². The first kappa shape index (κ1) is 23.0. The molecule has 1 heterocycles. The van der Waals surface area contributed by atoms with Gasteiger partial charge in [0.25, 0.3) is 5.91 Å². The van der Waals surface area contributed by atoms with Crippen molar-refractivity contribution in [2.24, 2.45) is 0 Å². The van der Waals surface area contributed by atoms with Crippen molar-refractivity contribution in [3.05, 3.63) is 77.4 Å². The summed E-state index contributed by atoms with van der Waals surface area (Å²) >= 11 is 0. The van der Waals surface area contributed by atoms with Crippen molar-refractivity contribution in [2.45, 2.75) is 13.0 Å². The Morgan fingerprint density at radius 3 is 2.26 bits per heavy atom. The molecule has 8 heteroatoms. The first-order chi connectivity index (χ1) is 16.5. The van der Waals surface area contributed by atoms with E-state index in [9.17, 15) is 9.59 Å². The van der Waals surface area contributed by atoms with E-state index < -0.39 is 0 Å². The Morgan fingerprint density at radius 2 is 1.62 bits per heavy atom. The zero-order valence-corrected chi connectivity index (χ0v) is 19.4. The van der Waals surface area contributed by atoms with Crippen molar-refractivity contribution in [3.63, 3.8) is 0 Å². The van der Waals surface area contributed by atoms with Crippen molar-refractivity contribution in [3.8, 4) is 17.2 Å². The quantitative estimate of drug-likeness (QED) is 0.550. The maximum absolute atomic E-state index is 13.0. The van der Waals surface area contributed by atoms with E-state index in [1.807, 2.05) is 48.5 Å². The molecule has 0 aromatic heterocycles. The number of nitrogens with zero attached hydrogens (tertiary/aromatic N) is 1. The number of urea groups is 1. The van der Waals surface area contributed by atoms with E-state index in [2.05, 4.69) is 10.6 Å². The summed E-state index contributed by atoms with van der Waals surface area (Å²) in [4.78, 5) is 27.3. The monoisotopic (exact) mass is 461 g/mol. The number of nitrogens with one attached hydrogen (secondary N) is 2. The summed E-state index contributed by atoms with van der Waals surface area (Å²) in [5.74, 6) is 1.31. The third kappa shape index (κ3) is 4.76. The van der Waals surface area contributed by atoms with Gasteiger partial charge in [-0.2, -0.15) is 0 Å². The van der Waals surface area contributed by atoms with Crippen molar-refractivity contribution < 1.29 is 23.8 Å². The molecule has 0 aliphatic carbocycles. The fraction of sp³-hybridized carbons (Fsp3) is 0.231. The van der Waals surface area contributed by atoms with Crippen LogP contribution in [0.25, 0.3) is 0 Å². The van der Waals surface area contributed by atoms with Gasteiger partial charge in [-0.25, -0.2) is 4.79 Å². The van der Waals surface area contributed by atoms with E-state index in [-0.39, 0.29) is 11.9 Å². The zero-order chi connectivity index (χ0) is 24.1. The number of methoxy groups -OCH3 is 3. The molecule has 0 spiro atoms. The lowest BCUT2D eigenvalue weighted by atomic mass is 10.1. The Hall–Kier alpha value is -4.20. The van der Waals surface area contributed by atoms with E-state index in [0.29, 0.717) is 41.6 Å². The van der Waals surface area contributed by atoms with Crippen LogP contribution in [0.15, 0.2) is 60.7 Å². The molecule has 8 nitrogen and oxygen atoms in total. The molecule has 4 rings (SSSR count). The largest absolute Gasteiger partial charge is 0.493 e. The third-order valence-electron chi connectivity index (χ3n) is 5.69. The standard InChI is InChI=1S/C26H27N3O5/c1-32-22-14-20(15-23(33-2)24(22)34-3)28-26(31)27-16-17-9-10-18-11-12-29(21(18)13-17)25(30)19-7-5-4-6-8-19/h4-10,13-15H,11-12,16H2,1-3H3,(H2,27,28,31). The van der Waals surface area contributed by atoms with Crippen LogP contribution in [0.1, 0.15) is 21.5 Å². The average Bonchev–Trinajstić information content (AvgIpc) is 3.30. The van der Waals surface area contributed by atoms with E-state index in [1.54, 1.807) is 17.0 Å². The normalized spacial score (nSPS) is 12.0. The predicted molar refractivity (Wildman–Crippen MR) is 130 cm³/mol. The molecule has 0 radical (unpaired) electrons. The summed E-state index contributed by atoms with van der Waals surface area (Å²) < 4.78 is 16.0. The highest BCUT2D eigenvalue weighted by atomic mass is 16.5. The van der Waals surface area contributed by atoms with Crippen molar-refractivity contribution in [1.29, 1.82) is 0 Å². The van der Waals surface area contributed by atoms with Crippen LogP contribution < -0.4 is 29.7 Å². The van der Waals surface area contributed by atoms with Crippen molar-refractivity contribution in [2.75, 3.05) is 38.1 Å². The molecule has 2 N–H and O–H groups in total. The van der Waals surface area contributed by atoms with E-state index in [1.165, 1.54) is 21.3 Å². The molecule has 1 aliphatic rings. The van der Waals surface area contributed by atoms with E-state index >= 15 is 0 Å². The highest BCUT2D eigenvalue weighted by Gasteiger charge is 2.25. The van der Waals surface area contributed by atoms with Crippen LogP contribution in [0, 0.1) is 0 Å². The van der Waals surface area contributed by atoms with Crippen molar-refractivity contribution >= 4 is 23.3 Å². The lowest BCUT2D eigenvalue weighted by molar-refractivity contribution is 0.0989. The molecule has 0 unspecified atom stereocenters. The molecule has 0 fully saturated rings. The van der Waals surface area contributed by atoms with Crippen LogP contribution in [0.2, 0.25) is 0 Å². The second kappa shape index (κ2) is 10.2. The minimum absolute atomic E-state index is 0.0235. The molecule has 176 valence electrons. The first-order valence-corrected chi connectivity index (χ1v) is 10.9. The summed E-state index contributed by atoms with van der Waals surface area (Å²) in [5, 5.41) is 5.64. The predicted octanol–water partition coefficient (Wildman–Crippen LogP) is 4.24. The molecule has 3 aromatic rings. The summed E-state index contributed by atoms with van der Waals surface area (Å²) in [5.41, 5.74) is 4.06. The van der Waals surface area contributed by atoms with Gasteiger partial charge in [0, 0.05) is 36.5 Å². The van der Waals surface area contributed by atoms with Gasteiger partial charge in [0.2, 0.25) is 5.75 Å². The molecule has 3 amide bonds. The van der Waals surface area contributed by atoms with Gasteiger partial charge < -0.3 is 29.7 Å². The molecule has 0 saturated carbocycles. The van der Waals surface area contributed by atoms with Crippen LogP contribution in [0.5, 0.6) is 17.2 Å². The first-order valence-electron chi connectivity index (χ1n) is 10.9. The number of anilines is 2. The minimum Gasteiger partial charge on any atom is -0.493 e. The van der Waals surface area contributed by atoms with Gasteiger partial charge >= 0.3 is 6.03 Å². The SMILES string of the molecule is COc1cc(NC(=O)NCc2ccc3c(c2)N(C(=O)c2ccccc2)CC3)cc(OC)c1OC. The topological polar surface area (TPSA) is 89.1 Å². The fourth-order valence-corrected chi connectivity index (χ4v) is 3.99. The fourth-order valence-electron chi connectivity index (χ4n) is 3.99. The van der Waals surface area contributed by atoms with Gasteiger partial charge in [0.15, 0.2) is 11.5 Å². The molecule has 0 bridgehead atoms. The molecule has 0 atom stereocenters. The number of amides is 3. The summed E-state index contributed by atoms with van der Waals surface area (Å²) in [6.07, 6.45) is 0.809. The summed E-state index contributed by atoms with van der Waals surface area (Å²) in [7, 11) is 4.55. The molecular formula is C26H27N3O5. The summed E-state index contributed by atoms with van der Waals surface area (Å²) in [6, 6.07) is 18.1. The Bertz CT molecular complexity index is 1170.